The van der Waals surface area contributed by atoms with Crippen LogP contribution in [0.15, 0.2) is 22.7 Å². The molecule has 2 rings (SSSR count). The molecule has 0 aliphatic heterocycles. The van der Waals surface area contributed by atoms with Crippen molar-refractivity contribution in [3.63, 3.8) is 0 Å². The molecule has 1 aliphatic carbocycles. The molecule has 0 spiro atoms. The molecule has 104 valence electrons. The van der Waals surface area contributed by atoms with Crippen LogP contribution in [0.4, 0.5) is 5.69 Å². The van der Waals surface area contributed by atoms with Gasteiger partial charge in [0.05, 0.1) is 5.56 Å². The lowest BCUT2D eigenvalue weighted by molar-refractivity contribution is 0.0698. The summed E-state index contributed by atoms with van der Waals surface area (Å²) in [6.45, 7) is 0.854. The molecule has 0 saturated heterocycles. The van der Waals surface area contributed by atoms with E-state index in [1.165, 1.54) is 32.1 Å². The number of benzene rings is 1. The lowest BCUT2D eigenvalue weighted by Gasteiger charge is -2.21. The van der Waals surface area contributed by atoms with Gasteiger partial charge in [0.1, 0.15) is 0 Å². The van der Waals surface area contributed by atoms with E-state index in [4.69, 9.17) is 0 Å². The molecule has 2 N–H and O–H groups in total. The van der Waals surface area contributed by atoms with Crippen molar-refractivity contribution in [3.05, 3.63) is 28.2 Å². The molecule has 0 unspecified atom stereocenters. The molecule has 0 radical (unpaired) electrons. The minimum atomic E-state index is -0.888. The lowest BCUT2D eigenvalue weighted by atomic mass is 9.87. The summed E-state index contributed by atoms with van der Waals surface area (Å²) in [4.78, 5) is 11.2. The molecule has 1 aromatic rings. The SMILES string of the molecule is O=C(O)c1cc(Br)ccc1NCCC1CCCCC1. The molecule has 3 nitrogen and oxygen atoms in total. The molecule has 0 bridgehead atoms. The van der Waals surface area contributed by atoms with Crippen molar-refractivity contribution in [2.75, 3.05) is 11.9 Å². The standard InChI is InChI=1S/C15H20BrNO2/c16-12-6-7-14(13(10-12)15(18)19)17-9-8-11-4-2-1-3-5-11/h6-7,10-11,17H,1-5,8-9H2,(H,18,19). The largest absolute Gasteiger partial charge is 0.478 e. The molecule has 1 saturated carbocycles. The Balaban J connectivity index is 1.89. The van der Waals surface area contributed by atoms with Crippen LogP contribution in [0.1, 0.15) is 48.9 Å². The summed E-state index contributed by atoms with van der Waals surface area (Å²) in [6, 6.07) is 5.34. The molecule has 1 aromatic carbocycles. The maximum absolute atomic E-state index is 11.2. The number of rotatable bonds is 5. The van der Waals surface area contributed by atoms with Gasteiger partial charge in [-0.3, -0.25) is 0 Å². The Morgan fingerprint density at radius 1 is 1.32 bits per heavy atom. The molecule has 19 heavy (non-hydrogen) atoms. The zero-order chi connectivity index (χ0) is 13.7. The number of anilines is 1. The first-order valence-electron chi connectivity index (χ1n) is 6.93. The van der Waals surface area contributed by atoms with Gasteiger partial charge in [0.2, 0.25) is 0 Å². The topological polar surface area (TPSA) is 49.3 Å². The van der Waals surface area contributed by atoms with Crippen LogP contribution in [0.5, 0.6) is 0 Å². The normalized spacial score (nSPS) is 16.3. The number of hydrogen-bond acceptors (Lipinski definition) is 2. The predicted octanol–water partition coefficient (Wildman–Crippen LogP) is 4.53. The van der Waals surface area contributed by atoms with Gasteiger partial charge in [-0.2, -0.15) is 0 Å². The van der Waals surface area contributed by atoms with E-state index < -0.39 is 5.97 Å². The van der Waals surface area contributed by atoms with Crippen LogP contribution in [0.25, 0.3) is 0 Å². The minimum absolute atomic E-state index is 0.331. The third-order valence-corrected chi connectivity index (χ3v) is 4.30. The number of carbonyl (C=O) groups is 1. The number of halogens is 1. The van der Waals surface area contributed by atoms with Crippen LogP contribution in [0.3, 0.4) is 0 Å². The summed E-state index contributed by atoms with van der Waals surface area (Å²) in [5.74, 6) is -0.0774. The van der Waals surface area contributed by atoms with Gasteiger partial charge < -0.3 is 10.4 Å². The van der Waals surface area contributed by atoms with E-state index in [0.717, 1.165) is 23.4 Å². The second-order valence-electron chi connectivity index (χ2n) is 5.21. The van der Waals surface area contributed by atoms with E-state index >= 15 is 0 Å². The van der Waals surface area contributed by atoms with Crippen LogP contribution < -0.4 is 5.32 Å². The summed E-state index contributed by atoms with van der Waals surface area (Å²) in [6.07, 6.45) is 7.86. The number of carboxylic acid groups (broad SMARTS) is 1. The van der Waals surface area contributed by atoms with Gasteiger partial charge in [0, 0.05) is 16.7 Å². The molecular weight excluding hydrogens is 306 g/mol. The van der Waals surface area contributed by atoms with E-state index in [9.17, 15) is 9.90 Å². The number of hydrogen-bond donors (Lipinski definition) is 2. The fraction of sp³-hybridized carbons (Fsp3) is 0.533. The average molecular weight is 326 g/mol. The molecule has 0 heterocycles. The lowest BCUT2D eigenvalue weighted by Crippen LogP contribution is -2.13. The Kier molecular flexibility index (Phi) is 5.25. The summed E-state index contributed by atoms with van der Waals surface area (Å²) >= 11 is 3.30. The quantitative estimate of drug-likeness (QED) is 0.836. The van der Waals surface area contributed by atoms with Gasteiger partial charge >= 0.3 is 5.97 Å². The summed E-state index contributed by atoms with van der Waals surface area (Å²) in [7, 11) is 0. The van der Waals surface area contributed by atoms with Crippen molar-refractivity contribution in [1.82, 2.24) is 0 Å². The van der Waals surface area contributed by atoms with Crippen molar-refractivity contribution in [1.29, 1.82) is 0 Å². The van der Waals surface area contributed by atoms with E-state index in [0.29, 0.717) is 11.3 Å². The number of aromatic carboxylic acids is 1. The smallest absolute Gasteiger partial charge is 0.337 e. The molecular formula is C15H20BrNO2. The van der Waals surface area contributed by atoms with Crippen LogP contribution in [0, 0.1) is 5.92 Å². The van der Waals surface area contributed by atoms with Crippen molar-refractivity contribution < 1.29 is 9.90 Å². The average Bonchev–Trinajstić information content (AvgIpc) is 2.41. The molecule has 1 aliphatic rings. The highest BCUT2D eigenvalue weighted by Gasteiger charge is 2.14. The zero-order valence-electron chi connectivity index (χ0n) is 11.0. The minimum Gasteiger partial charge on any atom is -0.478 e. The number of nitrogens with one attached hydrogen (secondary N) is 1. The summed E-state index contributed by atoms with van der Waals surface area (Å²) in [5, 5.41) is 12.4. The first-order chi connectivity index (χ1) is 9.16. The maximum atomic E-state index is 11.2. The highest BCUT2D eigenvalue weighted by Crippen LogP contribution is 2.27. The Labute approximate surface area is 122 Å². The second kappa shape index (κ2) is 6.94. The Morgan fingerprint density at radius 2 is 2.05 bits per heavy atom. The number of carboxylic acids is 1. The van der Waals surface area contributed by atoms with Gasteiger partial charge in [-0.15, -0.1) is 0 Å². The highest BCUT2D eigenvalue weighted by atomic mass is 79.9. The van der Waals surface area contributed by atoms with Crippen molar-refractivity contribution in [2.24, 2.45) is 5.92 Å². The third kappa shape index (κ3) is 4.23. The highest BCUT2D eigenvalue weighted by molar-refractivity contribution is 9.10. The first-order valence-corrected chi connectivity index (χ1v) is 7.73. The third-order valence-electron chi connectivity index (χ3n) is 3.80. The van der Waals surface area contributed by atoms with E-state index in [1.807, 2.05) is 12.1 Å². The van der Waals surface area contributed by atoms with Gasteiger partial charge in [-0.1, -0.05) is 48.0 Å². The van der Waals surface area contributed by atoms with Crippen LogP contribution >= 0.6 is 15.9 Å². The summed E-state index contributed by atoms with van der Waals surface area (Å²) < 4.78 is 0.794. The molecule has 0 atom stereocenters. The second-order valence-corrected chi connectivity index (χ2v) is 6.13. The van der Waals surface area contributed by atoms with Crippen LogP contribution in [-0.4, -0.2) is 17.6 Å². The summed E-state index contributed by atoms with van der Waals surface area (Å²) in [5.41, 5.74) is 1.05. The van der Waals surface area contributed by atoms with Crippen molar-refractivity contribution in [2.45, 2.75) is 38.5 Å². The predicted molar refractivity (Wildman–Crippen MR) is 80.8 cm³/mol. The van der Waals surface area contributed by atoms with Crippen LogP contribution in [-0.2, 0) is 0 Å². The molecule has 1 fully saturated rings. The fourth-order valence-electron chi connectivity index (χ4n) is 2.73. The molecule has 4 heteroatoms. The van der Waals surface area contributed by atoms with E-state index in [1.54, 1.807) is 6.07 Å². The Bertz CT molecular complexity index is 442. The Hall–Kier alpha value is -1.03. The van der Waals surface area contributed by atoms with Gasteiger partial charge in [0.25, 0.3) is 0 Å². The van der Waals surface area contributed by atoms with E-state index in [-0.39, 0.29) is 0 Å². The molecule has 0 amide bonds. The van der Waals surface area contributed by atoms with Gasteiger partial charge in [-0.05, 0) is 30.5 Å². The Morgan fingerprint density at radius 3 is 2.74 bits per heavy atom. The van der Waals surface area contributed by atoms with Crippen molar-refractivity contribution >= 4 is 27.6 Å². The molecule has 0 aromatic heterocycles. The van der Waals surface area contributed by atoms with Gasteiger partial charge in [-0.25, -0.2) is 4.79 Å². The maximum Gasteiger partial charge on any atom is 0.337 e. The van der Waals surface area contributed by atoms with Crippen LogP contribution in [0.2, 0.25) is 0 Å². The van der Waals surface area contributed by atoms with Crippen molar-refractivity contribution in [3.8, 4) is 0 Å². The zero-order valence-corrected chi connectivity index (χ0v) is 12.6. The van der Waals surface area contributed by atoms with E-state index in [2.05, 4.69) is 21.2 Å². The van der Waals surface area contributed by atoms with Gasteiger partial charge in [0.15, 0.2) is 0 Å². The first kappa shape index (κ1) is 14.4. The fourth-order valence-corrected chi connectivity index (χ4v) is 3.10. The monoisotopic (exact) mass is 325 g/mol.